The maximum Gasteiger partial charge on any atom is 0.362 e. The highest BCUT2D eigenvalue weighted by molar-refractivity contribution is 5.89. The van der Waals surface area contributed by atoms with Crippen LogP contribution >= 0.6 is 0 Å². The third-order valence-corrected chi connectivity index (χ3v) is 5.32. The van der Waals surface area contributed by atoms with Crippen molar-refractivity contribution in [2.45, 2.75) is 70.8 Å². The Balaban J connectivity index is 1.47. The van der Waals surface area contributed by atoms with E-state index in [9.17, 15) is 4.79 Å². The highest BCUT2D eigenvalue weighted by Gasteiger charge is 2.27. The Labute approximate surface area is 172 Å². The molecule has 0 spiro atoms. The van der Waals surface area contributed by atoms with Gasteiger partial charge in [0.15, 0.2) is 0 Å². The Kier molecular flexibility index (Phi) is 7.90. The molecule has 1 aliphatic carbocycles. The molecule has 0 saturated heterocycles. The van der Waals surface area contributed by atoms with Crippen molar-refractivity contribution >= 4 is 5.97 Å². The van der Waals surface area contributed by atoms with E-state index in [0.29, 0.717) is 12.5 Å². The van der Waals surface area contributed by atoms with Crippen molar-refractivity contribution in [1.82, 2.24) is 15.4 Å². The first-order chi connectivity index (χ1) is 14.2. The molecule has 1 fully saturated rings. The van der Waals surface area contributed by atoms with E-state index >= 15 is 0 Å². The number of rotatable bonds is 10. The van der Waals surface area contributed by atoms with Gasteiger partial charge in [0, 0.05) is 0 Å². The monoisotopic (exact) mass is 401 g/mol. The molecule has 7 nitrogen and oxygen atoms in total. The molecule has 2 aromatic rings. The fraction of sp³-hybridized carbons (Fsp3) is 0.591. The van der Waals surface area contributed by atoms with Gasteiger partial charge in [0.05, 0.1) is 13.2 Å². The van der Waals surface area contributed by atoms with Crippen molar-refractivity contribution in [3.8, 4) is 11.6 Å². The zero-order valence-electron chi connectivity index (χ0n) is 17.4. The first-order valence-corrected chi connectivity index (χ1v) is 10.7. The Bertz CT molecular complexity index is 752. The second-order valence-electron chi connectivity index (χ2n) is 7.43. The Morgan fingerprint density at radius 2 is 1.86 bits per heavy atom. The average molecular weight is 402 g/mol. The van der Waals surface area contributed by atoms with Crippen LogP contribution in [-0.4, -0.2) is 40.7 Å². The van der Waals surface area contributed by atoms with Gasteiger partial charge in [-0.05, 0) is 62.6 Å². The summed E-state index contributed by atoms with van der Waals surface area (Å²) in [6.07, 6.45) is 7.44. The number of H-pyrrole nitrogens is 1. The fourth-order valence-corrected chi connectivity index (χ4v) is 3.69. The van der Waals surface area contributed by atoms with Crippen molar-refractivity contribution in [1.29, 1.82) is 0 Å². The number of hydrogen-bond acceptors (Lipinski definition) is 6. The van der Waals surface area contributed by atoms with Crippen molar-refractivity contribution in [2.75, 3.05) is 13.2 Å². The van der Waals surface area contributed by atoms with Gasteiger partial charge in [0.1, 0.15) is 11.9 Å². The number of ether oxygens (including phenoxy) is 3. The van der Waals surface area contributed by atoms with E-state index in [-0.39, 0.29) is 17.7 Å². The lowest BCUT2D eigenvalue weighted by atomic mass is 9.83. The SMILES string of the molecule is CCCCCOc1ccc(C2CCC(Oc3nn[nH]c3C(=O)OCC)CC2)cc1. The largest absolute Gasteiger partial charge is 0.494 e. The van der Waals surface area contributed by atoms with Crippen molar-refractivity contribution in [3.05, 3.63) is 35.5 Å². The van der Waals surface area contributed by atoms with Gasteiger partial charge in [-0.15, -0.1) is 0 Å². The maximum absolute atomic E-state index is 11.9. The number of hydrogen-bond donors (Lipinski definition) is 1. The molecular weight excluding hydrogens is 370 g/mol. The van der Waals surface area contributed by atoms with Crippen LogP contribution in [0.5, 0.6) is 11.6 Å². The molecule has 0 amide bonds. The zero-order chi connectivity index (χ0) is 20.5. The summed E-state index contributed by atoms with van der Waals surface area (Å²) in [6, 6.07) is 8.50. The molecule has 0 aliphatic heterocycles. The smallest absolute Gasteiger partial charge is 0.362 e. The van der Waals surface area contributed by atoms with E-state index in [1.54, 1.807) is 6.92 Å². The molecule has 1 aromatic carbocycles. The molecular formula is C22H31N3O4. The first-order valence-electron chi connectivity index (χ1n) is 10.7. The van der Waals surface area contributed by atoms with E-state index in [0.717, 1.165) is 44.5 Å². The summed E-state index contributed by atoms with van der Waals surface area (Å²) in [7, 11) is 0. The predicted molar refractivity (Wildman–Crippen MR) is 109 cm³/mol. The summed E-state index contributed by atoms with van der Waals surface area (Å²) in [6.45, 7) is 5.03. The molecule has 158 valence electrons. The molecule has 0 atom stereocenters. The summed E-state index contributed by atoms with van der Waals surface area (Å²) >= 11 is 0. The minimum atomic E-state index is -0.488. The van der Waals surface area contributed by atoms with Crippen LogP contribution in [0.25, 0.3) is 0 Å². The summed E-state index contributed by atoms with van der Waals surface area (Å²) in [5.74, 6) is 1.21. The number of carbonyl (C=O) groups excluding carboxylic acids is 1. The molecule has 0 unspecified atom stereocenters. The normalized spacial score (nSPS) is 19.0. The van der Waals surface area contributed by atoms with Crippen molar-refractivity contribution in [3.63, 3.8) is 0 Å². The summed E-state index contributed by atoms with van der Waals surface area (Å²) in [5, 5.41) is 10.1. The molecule has 0 radical (unpaired) electrons. The quantitative estimate of drug-likeness (QED) is 0.460. The number of nitrogens with zero attached hydrogens (tertiary/aromatic N) is 2. The lowest BCUT2D eigenvalue weighted by Crippen LogP contribution is -2.24. The molecule has 1 heterocycles. The summed E-state index contributed by atoms with van der Waals surface area (Å²) in [4.78, 5) is 11.9. The van der Waals surface area contributed by atoms with Gasteiger partial charge in [-0.1, -0.05) is 42.2 Å². The van der Waals surface area contributed by atoms with Crippen molar-refractivity contribution < 1.29 is 19.0 Å². The van der Waals surface area contributed by atoms with E-state index < -0.39 is 5.97 Å². The van der Waals surface area contributed by atoms with Crippen LogP contribution in [0, 0.1) is 0 Å². The molecule has 29 heavy (non-hydrogen) atoms. The zero-order valence-corrected chi connectivity index (χ0v) is 17.4. The number of aromatic amines is 1. The number of esters is 1. The molecule has 1 saturated carbocycles. The molecule has 0 bridgehead atoms. The standard InChI is InChI=1S/C22H31N3O4/c1-3-5-6-15-28-18-11-7-16(8-12-18)17-9-13-19(14-10-17)29-21-20(23-25-24-21)22(26)27-4-2/h7-8,11-12,17,19H,3-6,9-10,13-15H2,1-2H3,(H,23,24,25). The highest BCUT2D eigenvalue weighted by Crippen LogP contribution is 2.35. The van der Waals surface area contributed by atoms with Crippen LogP contribution in [0.3, 0.4) is 0 Å². The van der Waals surface area contributed by atoms with Gasteiger partial charge in [-0.3, -0.25) is 0 Å². The first kappa shape index (κ1) is 21.1. The third-order valence-electron chi connectivity index (χ3n) is 5.32. The number of benzene rings is 1. The minimum Gasteiger partial charge on any atom is -0.494 e. The Morgan fingerprint density at radius 3 is 2.55 bits per heavy atom. The van der Waals surface area contributed by atoms with Gasteiger partial charge < -0.3 is 14.2 Å². The fourth-order valence-electron chi connectivity index (χ4n) is 3.69. The summed E-state index contributed by atoms with van der Waals surface area (Å²) < 4.78 is 16.7. The van der Waals surface area contributed by atoms with Crippen LogP contribution < -0.4 is 9.47 Å². The average Bonchev–Trinajstić information content (AvgIpc) is 3.21. The minimum absolute atomic E-state index is 0.0331. The molecule has 1 aliphatic rings. The van der Waals surface area contributed by atoms with Gasteiger partial charge in [-0.25, -0.2) is 9.89 Å². The van der Waals surface area contributed by atoms with E-state index in [1.165, 1.54) is 18.4 Å². The predicted octanol–water partition coefficient (Wildman–Crippen LogP) is 4.66. The lowest BCUT2D eigenvalue weighted by molar-refractivity contribution is 0.0508. The highest BCUT2D eigenvalue weighted by atomic mass is 16.5. The van der Waals surface area contributed by atoms with E-state index in [2.05, 4.69) is 46.6 Å². The van der Waals surface area contributed by atoms with Crippen LogP contribution in [0.2, 0.25) is 0 Å². The number of aromatic nitrogens is 3. The maximum atomic E-state index is 11.9. The van der Waals surface area contributed by atoms with Crippen molar-refractivity contribution in [2.24, 2.45) is 0 Å². The van der Waals surface area contributed by atoms with Gasteiger partial charge >= 0.3 is 5.97 Å². The Morgan fingerprint density at radius 1 is 1.10 bits per heavy atom. The number of unbranched alkanes of at least 4 members (excludes halogenated alkanes) is 2. The van der Waals surface area contributed by atoms with Gasteiger partial charge in [0.25, 0.3) is 5.88 Å². The number of nitrogens with one attached hydrogen (secondary N) is 1. The second-order valence-corrected chi connectivity index (χ2v) is 7.43. The van der Waals surface area contributed by atoms with Gasteiger partial charge in [-0.2, -0.15) is 0 Å². The molecule has 7 heteroatoms. The van der Waals surface area contributed by atoms with Crippen LogP contribution in [0.1, 0.15) is 80.8 Å². The molecule has 3 rings (SSSR count). The summed E-state index contributed by atoms with van der Waals surface area (Å²) in [5.41, 5.74) is 1.53. The van der Waals surface area contributed by atoms with E-state index in [4.69, 9.17) is 14.2 Å². The van der Waals surface area contributed by atoms with Crippen LogP contribution in [0.15, 0.2) is 24.3 Å². The third kappa shape index (κ3) is 5.95. The van der Waals surface area contributed by atoms with Crippen LogP contribution in [0.4, 0.5) is 0 Å². The Hall–Kier alpha value is -2.57. The molecule has 1 aromatic heterocycles. The van der Waals surface area contributed by atoms with E-state index in [1.807, 2.05) is 0 Å². The second kappa shape index (κ2) is 10.8. The topological polar surface area (TPSA) is 86.3 Å². The van der Waals surface area contributed by atoms with Gasteiger partial charge in [0.2, 0.25) is 5.69 Å². The molecule has 1 N–H and O–H groups in total. The number of carbonyl (C=O) groups is 1. The lowest BCUT2D eigenvalue weighted by Gasteiger charge is -2.28. The van der Waals surface area contributed by atoms with Crippen LogP contribution in [-0.2, 0) is 4.74 Å².